The van der Waals surface area contributed by atoms with Crippen LogP contribution in [0.15, 0.2) is 25.5 Å². The average Bonchev–Trinajstić information content (AvgIpc) is 3.02. The van der Waals surface area contributed by atoms with E-state index in [-0.39, 0.29) is 30.5 Å². The summed E-state index contributed by atoms with van der Waals surface area (Å²) < 4.78 is 2.36. The van der Waals surface area contributed by atoms with Crippen LogP contribution >= 0.6 is 27.3 Å². The molecule has 0 atom stereocenters. The first-order chi connectivity index (χ1) is 13.3. The van der Waals surface area contributed by atoms with E-state index in [9.17, 15) is 14.4 Å². The minimum Gasteiger partial charge on any atom is -0.383 e. The van der Waals surface area contributed by atoms with Gasteiger partial charge in [0.25, 0.3) is 5.56 Å². The van der Waals surface area contributed by atoms with Crippen molar-refractivity contribution in [1.82, 2.24) is 14.5 Å². The SMILES string of the molecule is CCCCn1c(N)c(N(CC)C(=O)CN(C)Cc2ccc(Br)s2)c(=O)[nH]c1=O. The maximum Gasteiger partial charge on any atom is 0.330 e. The van der Waals surface area contributed by atoms with E-state index >= 15 is 0 Å². The molecule has 0 saturated heterocycles. The monoisotopic (exact) mass is 471 g/mol. The summed E-state index contributed by atoms with van der Waals surface area (Å²) in [4.78, 5) is 44.0. The molecule has 10 heteroatoms. The van der Waals surface area contributed by atoms with Crippen LogP contribution in [0.1, 0.15) is 31.6 Å². The van der Waals surface area contributed by atoms with Crippen LogP contribution in [0.4, 0.5) is 11.5 Å². The standard InChI is InChI=1S/C18H26BrN5O3S/c1-4-6-9-24-16(20)15(17(26)21-18(24)27)23(5-2)14(25)11-22(3)10-12-7-8-13(19)28-12/h7-8H,4-6,9-11,20H2,1-3H3,(H,21,26,27). The number of aromatic nitrogens is 2. The van der Waals surface area contributed by atoms with Gasteiger partial charge in [0.2, 0.25) is 5.91 Å². The lowest BCUT2D eigenvalue weighted by Gasteiger charge is -2.25. The molecule has 3 N–H and O–H groups in total. The Balaban J connectivity index is 2.24. The van der Waals surface area contributed by atoms with Crippen molar-refractivity contribution < 1.29 is 4.79 Å². The first-order valence-electron chi connectivity index (χ1n) is 9.14. The number of nitrogens with two attached hydrogens (primary N) is 1. The molecule has 154 valence electrons. The van der Waals surface area contributed by atoms with E-state index in [0.29, 0.717) is 13.1 Å². The van der Waals surface area contributed by atoms with Crippen molar-refractivity contribution >= 4 is 44.7 Å². The Morgan fingerprint density at radius 2 is 2.04 bits per heavy atom. The summed E-state index contributed by atoms with van der Waals surface area (Å²) in [5.41, 5.74) is 4.97. The van der Waals surface area contributed by atoms with Gasteiger partial charge in [0.05, 0.1) is 10.3 Å². The number of amides is 1. The summed E-state index contributed by atoms with van der Waals surface area (Å²) in [5.74, 6) is -0.222. The van der Waals surface area contributed by atoms with Crippen molar-refractivity contribution in [2.45, 2.75) is 39.8 Å². The second kappa shape index (κ2) is 10.0. The van der Waals surface area contributed by atoms with Crippen molar-refractivity contribution in [3.05, 3.63) is 41.6 Å². The third kappa shape index (κ3) is 5.33. The van der Waals surface area contributed by atoms with E-state index in [2.05, 4.69) is 20.9 Å². The van der Waals surface area contributed by atoms with Gasteiger partial charge in [-0.1, -0.05) is 13.3 Å². The highest BCUT2D eigenvalue weighted by Crippen LogP contribution is 2.23. The van der Waals surface area contributed by atoms with Gasteiger partial charge in [-0.15, -0.1) is 11.3 Å². The number of likely N-dealkylation sites (N-methyl/N-ethyl adjacent to an activating group) is 2. The Bertz CT molecular complexity index is 936. The van der Waals surface area contributed by atoms with Gasteiger partial charge in [0, 0.05) is 24.5 Å². The molecule has 0 fully saturated rings. The predicted octanol–water partition coefficient (Wildman–Crippen LogP) is 2.23. The van der Waals surface area contributed by atoms with E-state index in [1.54, 1.807) is 18.3 Å². The number of thiophene rings is 1. The topological polar surface area (TPSA) is 104 Å². The van der Waals surface area contributed by atoms with E-state index in [1.165, 1.54) is 9.47 Å². The van der Waals surface area contributed by atoms with E-state index < -0.39 is 11.2 Å². The Morgan fingerprint density at radius 3 is 2.61 bits per heavy atom. The normalized spacial score (nSPS) is 11.2. The van der Waals surface area contributed by atoms with Crippen LogP contribution in [0.3, 0.4) is 0 Å². The number of halogens is 1. The fraction of sp³-hybridized carbons (Fsp3) is 0.500. The van der Waals surface area contributed by atoms with Gasteiger partial charge in [0.1, 0.15) is 5.82 Å². The zero-order valence-corrected chi connectivity index (χ0v) is 18.7. The number of hydrogen-bond acceptors (Lipinski definition) is 6. The third-order valence-corrected chi connectivity index (χ3v) is 5.90. The second-order valence-corrected chi connectivity index (χ2v) is 9.06. The number of carbonyl (C=O) groups is 1. The summed E-state index contributed by atoms with van der Waals surface area (Å²) in [6.45, 7) is 5.17. The highest BCUT2D eigenvalue weighted by Gasteiger charge is 2.23. The van der Waals surface area contributed by atoms with Crippen molar-refractivity contribution in [1.29, 1.82) is 0 Å². The average molecular weight is 472 g/mol. The zero-order valence-electron chi connectivity index (χ0n) is 16.3. The minimum atomic E-state index is -0.643. The first-order valence-corrected chi connectivity index (χ1v) is 10.7. The summed E-state index contributed by atoms with van der Waals surface area (Å²) in [6, 6.07) is 3.97. The molecule has 0 aromatic carbocycles. The molecule has 0 spiro atoms. The molecule has 2 aromatic heterocycles. The van der Waals surface area contributed by atoms with Crippen LogP contribution in [0.2, 0.25) is 0 Å². The van der Waals surface area contributed by atoms with Gasteiger partial charge in [-0.2, -0.15) is 0 Å². The highest BCUT2D eigenvalue weighted by molar-refractivity contribution is 9.11. The molecule has 2 aromatic rings. The molecular weight excluding hydrogens is 446 g/mol. The van der Waals surface area contributed by atoms with Gasteiger partial charge >= 0.3 is 5.69 Å². The lowest BCUT2D eigenvalue weighted by molar-refractivity contribution is -0.119. The largest absolute Gasteiger partial charge is 0.383 e. The minimum absolute atomic E-state index is 0.0299. The van der Waals surface area contributed by atoms with E-state index in [1.807, 2.05) is 31.0 Å². The van der Waals surface area contributed by atoms with Crippen molar-refractivity contribution in [2.24, 2.45) is 0 Å². The molecule has 0 unspecified atom stereocenters. The van der Waals surface area contributed by atoms with E-state index in [4.69, 9.17) is 5.73 Å². The molecular formula is C18H26BrN5O3S. The molecule has 0 aliphatic carbocycles. The van der Waals surface area contributed by atoms with Crippen LogP contribution in [-0.2, 0) is 17.9 Å². The number of aromatic amines is 1. The van der Waals surface area contributed by atoms with Gasteiger partial charge in [0.15, 0.2) is 5.69 Å². The molecule has 28 heavy (non-hydrogen) atoms. The quantitative estimate of drug-likeness (QED) is 0.583. The Hall–Kier alpha value is -1.91. The fourth-order valence-corrected chi connectivity index (χ4v) is 4.47. The molecule has 0 radical (unpaired) electrons. The summed E-state index contributed by atoms with van der Waals surface area (Å²) in [7, 11) is 1.84. The summed E-state index contributed by atoms with van der Waals surface area (Å²) in [6.07, 6.45) is 1.62. The summed E-state index contributed by atoms with van der Waals surface area (Å²) in [5, 5.41) is 0. The predicted molar refractivity (Wildman–Crippen MR) is 117 cm³/mol. The Morgan fingerprint density at radius 1 is 1.32 bits per heavy atom. The molecule has 0 saturated carbocycles. The number of anilines is 2. The van der Waals surface area contributed by atoms with Crippen LogP contribution < -0.4 is 21.9 Å². The Labute approximate surface area is 176 Å². The highest BCUT2D eigenvalue weighted by atomic mass is 79.9. The zero-order chi connectivity index (χ0) is 20.8. The van der Waals surface area contributed by atoms with Crippen molar-refractivity contribution in [2.75, 3.05) is 30.8 Å². The second-order valence-electron chi connectivity index (χ2n) is 6.51. The number of H-pyrrole nitrogens is 1. The molecule has 0 bridgehead atoms. The van der Waals surface area contributed by atoms with Crippen LogP contribution in [0, 0.1) is 0 Å². The van der Waals surface area contributed by atoms with Crippen LogP contribution in [0.5, 0.6) is 0 Å². The van der Waals surface area contributed by atoms with E-state index in [0.717, 1.165) is 21.5 Å². The fourth-order valence-electron chi connectivity index (χ4n) is 2.91. The molecule has 0 aliphatic rings. The molecule has 1 amide bonds. The van der Waals surface area contributed by atoms with Gasteiger partial charge in [-0.3, -0.25) is 24.0 Å². The number of nitrogens with zero attached hydrogens (tertiary/aromatic N) is 3. The first kappa shape index (κ1) is 22.4. The van der Waals surface area contributed by atoms with Gasteiger partial charge < -0.3 is 10.6 Å². The van der Waals surface area contributed by atoms with Crippen molar-refractivity contribution in [3.63, 3.8) is 0 Å². The molecule has 2 heterocycles. The maximum absolute atomic E-state index is 12.9. The molecule has 2 rings (SSSR count). The Kier molecular flexibility index (Phi) is 8.02. The number of nitrogens with one attached hydrogen (secondary N) is 1. The van der Waals surface area contributed by atoms with Gasteiger partial charge in [-0.25, -0.2) is 4.79 Å². The number of carbonyl (C=O) groups excluding carboxylic acids is 1. The number of unbranched alkanes of at least 4 members (excludes halogenated alkanes) is 1. The van der Waals surface area contributed by atoms with Crippen LogP contribution in [-0.4, -0.2) is 40.5 Å². The third-order valence-electron chi connectivity index (χ3n) is 4.30. The maximum atomic E-state index is 12.9. The molecule has 0 aliphatic heterocycles. The number of rotatable bonds is 9. The summed E-state index contributed by atoms with van der Waals surface area (Å²) >= 11 is 5.04. The van der Waals surface area contributed by atoms with Crippen LogP contribution in [0.25, 0.3) is 0 Å². The van der Waals surface area contributed by atoms with Crippen molar-refractivity contribution in [3.8, 4) is 0 Å². The van der Waals surface area contributed by atoms with Gasteiger partial charge in [-0.05, 0) is 48.5 Å². The smallest absolute Gasteiger partial charge is 0.330 e. The lowest BCUT2D eigenvalue weighted by atomic mass is 10.3. The number of nitrogen functional groups attached to an aromatic ring is 1. The molecule has 8 nitrogen and oxygen atoms in total. The lowest BCUT2D eigenvalue weighted by Crippen LogP contribution is -2.44. The number of hydrogen-bond donors (Lipinski definition) is 2.